The molecule has 1 aromatic rings. The maximum absolute atomic E-state index is 11.2. The van der Waals surface area contributed by atoms with Crippen LogP contribution >= 0.6 is 0 Å². The van der Waals surface area contributed by atoms with E-state index in [4.69, 9.17) is 5.14 Å². The van der Waals surface area contributed by atoms with Gasteiger partial charge in [0.05, 0.1) is 4.90 Å². The van der Waals surface area contributed by atoms with E-state index in [-0.39, 0.29) is 10.9 Å². The summed E-state index contributed by atoms with van der Waals surface area (Å²) in [5, 5.41) is 12.0. The first-order valence-electron chi connectivity index (χ1n) is 7.03. The number of nitrogens with one attached hydrogen (secondary N) is 2. The Hall–Kier alpha value is -0.950. The SMILES string of the molecule is CC(NCC1CCCNC1)c1ccc(S(N)(=O)=O)cc1. The van der Waals surface area contributed by atoms with Crippen LogP contribution in [0.5, 0.6) is 0 Å². The van der Waals surface area contributed by atoms with E-state index < -0.39 is 10.0 Å². The van der Waals surface area contributed by atoms with Crippen molar-refractivity contribution in [3.05, 3.63) is 29.8 Å². The molecule has 2 unspecified atom stereocenters. The normalized spacial score (nSPS) is 21.6. The second kappa shape index (κ2) is 6.67. The van der Waals surface area contributed by atoms with E-state index in [0.717, 1.165) is 25.2 Å². The fraction of sp³-hybridized carbons (Fsp3) is 0.571. The zero-order valence-corrected chi connectivity index (χ0v) is 12.6. The van der Waals surface area contributed by atoms with Crippen molar-refractivity contribution in [3.63, 3.8) is 0 Å². The summed E-state index contributed by atoms with van der Waals surface area (Å²) in [7, 11) is -3.60. The largest absolute Gasteiger partial charge is 0.316 e. The fourth-order valence-corrected chi connectivity index (χ4v) is 3.02. The highest BCUT2D eigenvalue weighted by atomic mass is 32.2. The summed E-state index contributed by atoms with van der Waals surface area (Å²) >= 11 is 0. The van der Waals surface area contributed by atoms with Gasteiger partial charge in [-0.25, -0.2) is 13.6 Å². The van der Waals surface area contributed by atoms with E-state index in [0.29, 0.717) is 5.92 Å². The smallest absolute Gasteiger partial charge is 0.238 e. The molecule has 5 nitrogen and oxygen atoms in total. The van der Waals surface area contributed by atoms with E-state index in [1.807, 2.05) is 12.1 Å². The van der Waals surface area contributed by atoms with Gasteiger partial charge in [0.2, 0.25) is 10.0 Å². The van der Waals surface area contributed by atoms with Gasteiger partial charge in [0.25, 0.3) is 0 Å². The fourth-order valence-electron chi connectivity index (χ4n) is 2.51. The summed E-state index contributed by atoms with van der Waals surface area (Å²) < 4.78 is 22.4. The lowest BCUT2D eigenvalue weighted by Crippen LogP contribution is -2.36. The Bertz CT molecular complexity index is 522. The average Bonchev–Trinajstić information content (AvgIpc) is 2.45. The molecule has 1 saturated heterocycles. The third-order valence-electron chi connectivity index (χ3n) is 3.82. The molecule has 1 aromatic carbocycles. The average molecular weight is 297 g/mol. The molecule has 0 saturated carbocycles. The third-order valence-corrected chi connectivity index (χ3v) is 4.75. The molecule has 0 bridgehead atoms. The first kappa shape index (κ1) is 15.4. The van der Waals surface area contributed by atoms with Crippen LogP contribution in [0, 0.1) is 5.92 Å². The van der Waals surface area contributed by atoms with Crippen molar-refractivity contribution in [1.29, 1.82) is 0 Å². The molecular formula is C14H23N3O2S. The van der Waals surface area contributed by atoms with Crippen LogP contribution in [0.25, 0.3) is 0 Å². The molecule has 6 heteroatoms. The molecule has 0 amide bonds. The summed E-state index contributed by atoms with van der Waals surface area (Å²) in [6, 6.07) is 6.95. The van der Waals surface area contributed by atoms with Crippen molar-refractivity contribution < 1.29 is 8.42 Å². The Morgan fingerprint density at radius 2 is 2.10 bits per heavy atom. The van der Waals surface area contributed by atoms with Crippen molar-refractivity contribution in [1.82, 2.24) is 10.6 Å². The van der Waals surface area contributed by atoms with Crippen molar-refractivity contribution in [2.24, 2.45) is 11.1 Å². The first-order valence-corrected chi connectivity index (χ1v) is 8.58. The molecule has 20 heavy (non-hydrogen) atoms. The summed E-state index contributed by atoms with van der Waals surface area (Å²) in [6.45, 7) is 5.26. The van der Waals surface area contributed by atoms with Gasteiger partial charge in [-0.05, 0) is 63.0 Å². The van der Waals surface area contributed by atoms with Gasteiger partial charge in [0.15, 0.2) is 0 Å². The Morgan fingerprint density at radius 1 is 1.40 bits per heavy atom. The molecule has 1 aliphatic heterocycles. The zero-order valence-electron chi connectivity index (χ0n) is 11.8. The lowest BCUT2D eigenvalue weighted by molar-refractivity contribution is 0.348. The third kappa shape index (κ3) is 4.28. The quantitative estimate of drug-likeness (QED) is 0.756. The number of hydrogen-bond donors (Lipinski definition) is 3. The van der Waals surface area contributed by atoms with Crippen molar-refractivity contribution in [3.8, 4) is 0 Å². The van der Waals surface area contributed by atoms with E-state index >= 15 is 0 Å². The number of hydrogen-bond acceptors (Lipinski definition) is 4. The maximum Gasteiger partial charge on any atom is 0.238 e. The monoisotopic (exact) mass is 297 g/mol. The van der Waals surface area contributed by atoms with Gasteiger partial charge in [0, 0.05) is 6.04 Å². The van der Waals surface area contributed by atoms with Crippen LogP contribution in [-0.4, -0.2) is 28.1 Å². The zero-order chi connectivity index (χ0) is 14.6. The number of piperidine rings is 1. The Morgan fingerprint density at radius 3 is 2.65 bits per heavy atom. The van der Waals surface area contributed by atoms with Crippen LogP contribution < -0.4 is 15.8 Å². The van der Waals surface area contributed by atoms with Crippen LogP contribution in [0.2, 0.25) is 0 Å². The number of benzene rings is 1. The Labute approximate surface area is 121 Å². The van der Waals surface area contributed by atoms with Crippen LogP contribution in [0.15, 0.2) is 29.2 Å². The highest BCUT2D eigenvalue weighted by molar-refractivity contribution is 7.89. The molecule has 0 radical (unpaired) electrons. The highest BCUT2D eigenvalue weighted by Crippen LogP contribution is 2.16. The molecule has 1 heterocycles. The standard InChI is InChI=1S/C14H23N3O2S/c1-11(17-10-12-3-2-8-16-9-12)13-4-6-14(7-5-13)20(15,18)19/h4-7,11-12,16-17H,2-3,8-10H2,1H3,(H2,15,18,19). The number of nitrogens with two attached hydrogens (primary N) is 1. The minimum atomic E-state index is -3.60. The molecule has 0 aliphatic carbocycles. The van der Waals surface area contributed by atoms with E-state index in [9.17, 15) is 8.42 Å². The van der Waals surface area contributed by atoms with Gasteiger partial charge in [0.1, 0.15) is 0 Å². The predicted octanol–water partition coefficient (Wildman–Crippen LogP) is 0.984. The Balaban J connectivity index is 1.90. The molecule has 1 fully saturated rings. The van der Waals surface area contributed by atoms with Crippen LogP contribution in [0.4, 0.5) is 0 Å². The molecule has 1 aliphatic rings. The van der Waals surface area contributed by atoms with Crippen molar-refractivity contribution >= 4 is 10.0 Å². The summed E-state index contributed by atoms with van der Waals surface area (Å²) in [5.41, 5.74) is 1.07. The second-order valence-electron chi connectivity index (χ2n) is 5.46. The highest BCUT2D eigenvalue weighted by Gasteiger charge is 2.14. The second-order valence-corrected chi connectivity index (χ2v) is 7.02. The summed E-state index contributed by atoms with van der Waals surface area (Å²) in [6.07, 6.45) is 2.50. The van der Waals surface area contributed by atoms with Crippen LogP contribution in [-0.2, 0) is 10.0 Å². The topological polar surface area (TPSA) is 84.2 Å². The van der Waals surface area contributed by atoms with Gasteiger partial charge >= 0.3 is 0 Å². The molecule has 112 valence electrons. The lowest BCUT2D eigenvalue weighted by atomic mass is 9.99. The van der Waals surface area contributed by atoms with Gasteiger partial charge in [-0.1, -0.05) is 12.1 Å². The maximum atomic E-state index is 11.2. The van der Waals surface area contributed by atoms with Crippen LogP contribution in [0.1, 0.15) is 31.4 Å². The lowest BCUT2D eigenvalue weighted by Gasteiger charge is -2.25. The molecular weight excluding hydrogens is 274 g/mol. The van der Waals surface area contributed by atoms with Crippen molar-refractivity contribution in [2.75, 3.05) is 19.6 Å². The van der Waals surface area contributed by atoms with Gasteiger partial charge < -0.3 is 10.6 Å². The van der Waals surface area contributed by atoms with Gasteiger partial charge in [-0.15, -0.1) is 0 Å². The van der Waals surface area contributed by atoms with Crippen molar-refractivity contribution in [2.45, 2.75) is 30.7 Å². The first-order chi connectivity index (χ1) is 9.47. The number of rotatable bonds is 5. The van der Waals surface area contributed by atoms with Gasteiger partial charge in [-0.2, -0.15) is 0 Å². The number of sulfonamides is 1. The van der Waals surface area contributed by atoms with E-state index in [1.165, 1.54) is 12.8 Å². The minimum absolute atomic E-state index is 0.157. The summed E-state index contributed by atoms with van der Waals surface area (Å²) in [5.74, 6) is 0.676. The van der Waals surface area contributed by atoms with E-state index in [2.05, 4.69) is 17.6 Å². The molecule has 2 rings (SSSR count). The predicted molar refractivity (Wildman–Crippen MR) is 79.8 cm³/mol. The molecule has 0 aromatic heterocycles. The number of primary sulfonamides is 1. The van der Waals surface area contributed by atoms with Gasteiger partial charge in [-0.3, -0.25) is 0 Å². The minimum Gasteiger partial charge on any atom is -0.316 e. The van der Waals surface area contributed by atoms with E-state index in [1.54, 1.807) is 12.1 Å². The Kier molecular flexibility index (Phi) is 5.15. The molecule has 4 N–H and O–H groups in total. The molecule has 2 atom stereocenters. The molecule has 0 spiro atoms. The summed E-state index contributed by atoms with van der Waals surface area (Å²) in [4.78, 5) is 0.157. The van der Waals surface area contributed by atoms with Crippen LogP contribution in [0.3, 0.4) is 0 Å².